The maximum atomic E-state index is 11.3. The first-order valence-corrected chi connectivity index (χ1v) is 5.16. The number of nitrogens with zero attached hydrogens (tertiary/aromatic N) is 2. The lowest BCUT2D eigenvalue weighted by Crippen LogP contribution is -2.57. The number of carbonyl (C=O) groups excluding carboxylic acids is 3. The third-order valence-corrected chi connectivity index (χ3v) is 2.34. The van der Waals surface area contributed by atoms with Gasteiger partial charge in [-0.05, 0) is 5.01 Å². The highest BCUT2D eigenvalue weighted by Gasteiger charge is 2.58. The average molecular weight is 276 g/mol. The third kappa shape index (κ3) is 3.30. The van der Waals surface area contributed by atoms with Gasteiger partial charge in [0, 0.05) is 13.8 Å². The van der Waals surface area contributed by atoms with Crippen LogP contribution in [-0.4, -0.2) is 53.4 Å². The van der Waals surface area contributed by atoms with Crippen molar-refractivity contribution in [1.29, 1.82) is 0 Å². The Morgan fingerprint density at radius 3 is 2.21 bits per heavy atom. The number of ether oxygens (including phenoxy) is 3. The van der Waals surface area contributed by atoms with Gasteiger partial charge >= 0.3 is 18.0 Å². The molecule has 0 unspecified atom stereocenters. The van der Waals surface area contributed by atoms with Crippen molar-refractivity contribution in [1.82, 2.24) is 5.01 Å². The summed E-state index contributed by atoms with van der Waals surface area (Å²) in [5, 5.41) is 10.0. The predicted molar refractivity (Wildman–Crippen MR) is 56.2 cm³/mol. The SMILES string of the molecule is CC(=O)OCC1(COC(C)=O)COC(=O)N1[N+](=O)[O-]. The van der Waals surface area contributed by atoms with Crippen LogP contribution in [0.4, 0.5) is 4.79 Å². The second-order valence-corrected chi connectivity index (χ2v) is 3.89. The Morgan fingerprint density at radius 1 is 1.37 bits per heavy atom. The van der Waals surface area contributed by atoms with Crippen LogP contribution in [0.2, 0.25) is 0 Å². The lowest BCUT2D eigenvalue weighted by Gasteiger charge is -2.26. The first-order valence-electron chi connectivity index (χ1n) is 5.16. The second kappa shape index (κ2) is 5.50. The molecule has 1 saturated heterocycles. The first kappa shape index (κ1) is 14.7. The molecular weight excluding hydrogens is 264 g/mol. The van der Waals surface area contributed by atoms with Gasteiger partial charge in [-0.1, -0.05) is 0 Å². The molecule has 19 heavy (non-hydrogen) atoms. The fourth-order valence-corrected chi connectivity index (χ4v) is 1.47. The van der Waals surface area contributed by atoms with Gasteiger partial charge in [-0.15, -0.1) is 0 Å². The summed E-state index contributed by atoms with van der Waals surface area (Å²) < 4.78 is 13.9. The van der Waals surface area contributed by atoms with Crippen molar-refractivity contribution in [2.45, 2.75) is 19.4 Å². The molecule has 10 nitrogen and oxygen atoms in total. The molecule has 0 radical (unpaired) electrons. The van der Waals surface area contributed by atoms with E-state index in [1.807, 2.05) is 0 Å². The Labute approximate surface area is 107 Å². The zero-order chi connectivity index (χ0) is 14.6. The Hall–Kier alpha value is -2.39. The molecule has 0 aromatic rings. The molecule has 1 fully saturated rings. The van der Waals surface area contributed by atoms with Gasteiger partial charge in [-0.3, -0.25) is 9.59 Å². The summed E-state index contributed by atoms with van der Waals surface area (Å²) in [6, 6.07) is 0. The summed E-state index contributed by atoms with van der Waals surface area (Å²) in [6.45, 7) is 0.763. The number of cyclic esters (lactones) is 1. The zero-order valence-corrected chi connectivity index (χ0v) is 10.3. The van der Waals surface area contributed by atoms with Crippen LogP contribution in [0, 0.1) is 10.1 Å². The minimum atomic E-state index is -1.65. The molecule has 0 bridgehead atoms. The van der Waals surface area contributed by atoms with Crippen molar-refractivity contribution in [2.75, 3.05) is 19.8 Å². The maximum absolute atomic E-state index is 11.3. The number of carbonyl (C=O) groups is 3. The molecule has 0 spiro atoms. The third-order valence-electron chi connectivity index (χ3n) is 2.34. The van der Waals surface area contributed by atoms with Crippen molar-refractivity contribution in [3.05, 3.63) is 10.1 Å². The summed E-state index contributed by atoms with van der Waals surface area (Å²) in [7, 11) is 0. The van der Waals surface area contributed by atoms with E-state index in [1.165, 1.54) is 0 Å². The molecule has 10 heteroatoms. The average Bonchev–Trinajstić information content (AvgIpc) is 2.62. The van der Waals surface area contributed by atoms with Crippen LogP contribution in [-0.2, 0) is 23.8 Å². The highest BCUT2D eigenvalue weighted by atomic mass is 16.7. The molecule has 0 aromatic heterocycles. The first-order chi connectivity index (χ1) is 8.78. The minimum absolute atomic E-state index is 0.166. The second-order valence-electron chi connectivity index (χ2n) is 3.89. The van der Waals surface area contributed by atoms with Crippen molar-refractivity contribution in [2.24, 2.45) is 0 Å². The van der Waals surface area contributed by atoms with Crippen molar-refractivity contribution < 1.29 is 33.6 Å². The minimum Gasteiger partial charge on any atom is -0.463 e. The predicted octanol–water partition coefficient (Wildman–Crippen LogP) is -0.505. The Balaban J connectivity index is 2.95. The normalized spacial score (nSPS) is 16.7. The monoisotopic (exact) mass is 276 g/mol. The fourth-order valence-electron chi connectivity index (χ4n) is 1.47. The summed E-state index contributed by atoms with van der Waals surface area (Å²) in [5.74, 6) is -1.38. The molecule has 1 aliphatic rings. The molecule has 0 atom stereocenters. The molecular formula is C9H12N2O8. The van der Waals surface area contributed by atoms with Gasteiger partial charge in [-0.2, -0.15) is 0 Å². The largest absolute Gasteiger partial charge is 0.469 e. The van der Waals surface area contributed by atoms with Crippen LogP contribution in [0.5, 0.6) is 0 Å². The molecule has 106 valence electrons. The van der Waals surface area contributed by atoms with Gasteiger partial charge in [0.25, 0.3) is 0 Å². The van der Waals surface area contributed by atoms with Gasteiger partial charge in [0.05, 0.1) is 0 Å². The van der Waals surface area contributed by atoms with E-state index < -0.39 is 48.4 Å². The van der Waals surface area contributed by atoms with Crippen molar-refractivity contribution in [3.8, 4) is 0 Å². The number of esters is 2. The smallest absolute Gasteiger partial charge is 0.463 e. The summed E-state index contributed by atoms with van der Waals surface area (Å²) in [4.78, 5) is 43.8. The Bertz CT molecular complexity index is 402. The number of nitro groups is 1. The van der Waals surface area contributed by atoms with Gasteiger partial charge in [0.2, 0.25) is 5.54 Å². The van der Waals surface area contributed by atoms with E-state index in [-0.39, 0.29) is 5.01 Å². The molecule has 1 rings (SSSR count). The van der Waals surface area contributed by atoms with Crippen LogP contribution >= 0.6 is 0 Å². The number of amides is 1. The van der Waals surface area contributed by atoms with Gasteiger partial charge in [0.1, 0.15) is 19.8 Å². The van der Waals surface area contributed by atoms with Gasteiger partial charge < -0.3 is 14.2 Å². The molecule has 1 heterocycles. The maximum Gasteiger partial charge on any atom is 0.469 e. The molecule has 0 N–H and O–H groups in total. The van der Waals surface area contributed by atoms with E-state index >= 15 is 0 Å². The van der Waals surface area contributed by atoms with E-state index in [9.17, 15) is 24.5 Å². The highest BCUT2D eigenvalue weighted by molar-refractivity contribution is 5.71. The van der Waals surface area contributed by atoms with Crippen LogP contribution in [0.1, 0.15) is 13.8 Å². The summed E-state index contributed by atoms with van der Waals surface area (Å²) >= 11 is 0. The molecule has 1 aliphatic heterocycles. The summed E-state index contributed by atoms with van der Waals surface area (Å²) in [5.41, 5.74) is -1.65. The van der Waals surface area contributed by atoms with E-state index in [0.717, 1.165) is 13.8 Å². The van der Waals surface area contributed by atoms with E-state index in [4.69, 9.17) is 0 Å². The van der Waals surface area contributed by atoms with Crippen LogP contribution < -0.4 is 0 Å². The number of hydrazine groups is 1. The number of rotatable bonds is 5. The topological polar surface area (TPSA) is 125 Å². The standard InChI is InChI=1S/C9H12N2O8/c1-6(12)17-3-9(4-18-7(2)13)5-19-8(14)10(9)11(15)16/h3-5H2,1-2H3. The van der Waals surface area contributed by atoms with E-state index in [2.05, 4.69) is 14.2 Å². The Morgan fingerprint density at radius 2 is 1.84 bits per heavy atom. The molecule has 0 aromatic carbocycles. The quantitative estimate of drug-likeness (QED) is 0.284. The van der Waals surface area contributed by atoms with Crippen molar-refractivity contribution >= 4 is 18.0 Å². The number of hydrogen-bond acceptors (Lipinski definition) is 8. The van der Waals surface area contributed by atoms with E-state index in [0.29, 0.717) is 0 Å². The lowest BCUT2D eigenvalue weighted by atomic mass is 10.0. The lowest BCUT2D eigenvalue weighted by molar-refractivity contribution is -0.648. The zero-order valence-electron chi connectivity index (χ0n) is 10.3. The Kier molecular flexibility index (Phi) is 4.25. The summed E-state index contributed by atoms with van der Waals surface area (Å²) in [6.07, 6.45) is -1.20. The van der Waals surface area contributed by atoms with Crippen LogP contribution in [0.15, 0.2) is 0 Å². The van der Waals surface area contributed by atoms with Crippen molar-refractivity contribution in [3.63, 3.8) is 0 Å². The fraction of sp³-hybridized carbons (Fsp3) is 0.667. The van der Waals surface area contributed by atoms with Crippen LogP contribution in [0.25, 0.3) is 0 Å². The molecule has 0 saturated carbocycles. The molecule has 0 aliphatic carbocycles. The number of hydrogen-bond donors (Lipinski definition) is 0. The molecule has 1 amide bonds. The highest BCUT2D eigenvalue weighted by Crippen LogP contribution is 2.25. The van der Waals surface area contributed by atoms with Crippen LogP contribution in [0.3, 0.4) is 0 Å². The van der Waals surface area contributed by atoms with Gasteiger partial charge in [-0.25, -0.2) is 14.9 Å². The van der Waals surface area contributed by atoms with Gasteiger partial charge in [0.15, 0.2) is 5.03 Å². The van der Waals surface area contributed by atoms with E-state index in [1.54, 1.807) is 0 Å².